The van der Waals surface area contributed by atoms with E-state index in [2.05, 4.69) is 15.4 Å². The Hall–Kier alpha value is -2.64. The fraction of sp³-hybridized carbons (Fsp3) is 0.333. The summed E-state index contributed by atoms with van der Waals surface area (Å²) in [5, 5.41) is 16.5. The Morgan fingerprint density at radius 2 is 2.04 bits per heavy atom. The number of aliphatic hydroxyl groups is 1. The number of aliphatic hydroxyl groups excluding tert-OH is 1. The van der Waals surface area contributed by atoms with Gasteiger partial charge >= 0.3 is 0 Å². The SMILES string of the molecule is COc1ccccc1-c1cnn2c(NCCOCCO)cc(C)nc12. The lowest BCUT2D eigenvalue weighted by molar-refractivity contribution is 0.0991. The van der Waals surface area contributed by atoms with Crippen LogP contribution in [0.25, 0.3) is 16.8 Å². The van der Waals surface area contributed by atoms with Gasteiger partial charge in [-0.15, -0.1) is 0 Å². The van der Waals surface area contributed by atoms with Crippen molar-refractivity contribution in [2.75, 3.05) is 38.8 Å². The normalized spacial score (nSPS) is 11.0. The maximum atomic E-state index is 8.74. The third-order valence-corrected chi connectivity index (χ3v) is 3.79. The molecule has 0 amide bonds. The quantitative estimate of drug-likeness (QED) is 0.611. The van der Waals surface area contributed by atoms with E-state index in [-0.39, 0.29) is 6.61 Å². The number of hydrogen-bond donors (Lipinski definition) is 2. The minimum atomic E-state index is 0.0278. The van der Waals surface area contributed by atoms with Gasteiger partial charge in [0.2, 0.25) is 0 Å². The van der Waals surface area contributed by atoms with Gasteiger partial charge in [0.1, 0.15) is 11.6 Å². The number of benzene rings is 1. The fourth-order valence-corrected chi connectivity index (χ4v) is 2.69. The van der Waals surface area contributed by atoms with Crippen LogP contribution in [0.1, 0.15) is 5.69 Å². The van der Waals surface area contributed by atoms with Crippen LogP contribution in [0.5, 0.6) is 5.75 Å². The van der Waals surface area contributed by atoms with Crippen molar-refractivity contribution in [2.45, 2.75) is 6.92 Å². The highest BCUT2D eigenvalue weighted by Crippen LogP contribution is 2.32. The van der Waals surface area contributed by atoms with Crippen molar-refractivity contribution in [3.8, 4) is 16.9 Å². The summed E-state index contributed by atoms with van der Waals surface area (Å²) in [7, 11) is 1.66. The highest BCUT2D eigenvalue weighted by atomic mass is 16.5. The molecule has 3 rings (SSSR count). The van der Waals surface area contributed by atoms with E-state index in [4.69, 9.17) is 14.6 Å². The largest absolute Gasteiger partial charge is 0.496 e. The average Bonchev–Trinajstić information content (AvgIpc) is 3.05. The van der Waals surface area contributed by atoms with Gasteiger partial charge in [-0.05, 0) is 13.0 Å². The van der Waals surface area contributed by atoms with Crippen LogP contribution in [0.4, 0.5) is 5.82 Å². The summed E-state index contributed by atoms with van der Waals surface area (Å²) in [6.07, 6.45) is 1.80. The lowest BCUT2D eigenvalue weighted by atomic mass is 10.1. The lowest BCUT2D eigenvalue weighted by Gasteiger charge is -2.10. The maximum absolute atomic E-state index is 8.74. The molecule has 0 bridgehead atoms. The minimum Gasteiger partial charge on any atom is -0.496 e. The number of methoxy groups -OCH3 is 1. The number of hydrogen-bond acceptors (Lipinski definition) is 6. The second-order valence-corrected chi connectivity index (χ2v) is 5.54. The molecule has 2 heterocycles. The van der Waals surface area contributed by atoms with E-state index in [1.54, 1.807) is 17.8 Å². The molecule has 0 aliphatic heterocycles. The number of rotatable bonds is 8. The molecule has 7 nitrogen and oxygen atoms in total. The molecule has 0 unspecified atom stereocenters. The zero-order valence-corrected chi connectivity index (χ0v) is 14.4. The van der Waals surface area contributed by atoms with Crippen molar-refractivity contribution in [2.24, 2.45) is 0 Å². The van der Waals surface area contributed by atoms with Crippen LogP contribution in [0.15, 0.2) is 36.5 Å². The number of anilines is 1. The van der Waals surface area contributed by atoms with Gasteiger partial charge in [-0.3, -0.25) is 0 Å². The third kappa shape index (κ3) is 3.72. The summed E-state index contributed by atoms with van der Waals surface area (Å²) < 4.78 is 12.5. The van der Waals surface area contributed by atoms with Crippen LogP contribution in [-0.4, -0.2) is 53.2 Å². The zero-order chi connectivity index (χ0) is 17.6. The molecule has 3 aromatic rings. The Labute approximate surface area is 146 Å². The minimum absolute atomic E-state index is 0.0278. The molecule has 0 aliphatic carbocycles. The summed E-state index contributed by atoms with van der Waals surface area (Å²) >= 11 is 0. The van der Waals surface area contributed by atoms with Gasteiger partial charge < -0.3 is 19.9 Å². The van der Waals surface area contributed by atoms with E-state index in [0.29, 0.717) is 19.8 Å². The lowest BCUT2D eigenvalue weighted by Crippen LogP contribution is -2.14. The first-order valence-corrected chi connectivity index (χ1v) is 8.16. The standard InChI is InChI=1S/C18H22N4O3/c1-13-11-17(19-7-9-25-10-8-23)22-18(21-13)15(12-20-22)14-5-3-4-6-16(14)24-2/h3-6,11-12,19,23H,7-10H2,1-2H3. The molecule has 0 saturated heterocycles. The molecule has 132 valence electrons. The predicted octanol–water partition coefficient (Wildman–Crippen LogP) is 2.13. The molecule has 2 N–H and O–H groups in total. The van der Waals surface area contributed by atoms with E-state index >= 15 is 0 Å². The van der Waals surface area contributed by atoms with Crippen molar-refractivity contribution in [3.63, 3.8) is 0 Å². The molecule has 1 aromatic carbocycles. The molecule has 7 heteroatoms. The molecular weight excluding hydrogens is 320 g/mol. The van der Waals surface area contributed by atoms with Gasteiger partial charge in [0.15, 0.2) is 5.65 Å². The molecule has 0 aliphatic rings. The second kappa shape index (κ2) is 7.96. The van der Waals surface area contributed by atoms with E-state index in [0.717, 1.165) is 34.0 Å². The molecule has 0 spiro atoms. The van der Waals surface area contributed by atoms with Crippen molar-refractivity contribution in [1.82, 2.24) is 14.6 Å². The first-order chi connectivity index (χ1) is 12.2. The van der Waals surface area contributed by atoms with Crippen LogP contribution in [0, 0.1) is 6.92 Å². The summed E-state index contributed by atoms with van der Waals surface area (Å²) in [4.78, 5) is 4.65. The summed E-state index contributed by atoms with van der Waals surface area (Å²) in [5.74, 6) is 1.63. The monoisotopic (exact) mass is 342 g/mol. The van der Waals surface area contributed by atoms with Crippen LogP contribution in [-0.2, 0) is 4.74 Å². The summed E-state index contributed by atoms with van der Waals surface area (Å²) in [6, 6.07) is 9.76. The van der Waals surface area contributed by atoms with Gasteiger partial charge in [0.25, 0.3) is 0 Å². The van der Waals surface area contributed by atoms with Gasteiger partial charge in [-0.25, -0.2) is 4.98 Å². The van der Waals surface area contributed by atoms with E-state index in [1.165, 1.54) is 0 Å². The molecule has 0 fully saturated rings. The summed E-state index contributed by atoms with van der Waals surface area (Å²) in [6.45, 7) is 3.44. The van der Waals surface area contributed by atoms with Crippen molar-refractivity contribution < 1.29 is 14.6 Å². The van der Waals surface area contributed by atoms with Gasteiger partial charge in [-0.1, -0.05) is 18.2 Å². The average molecular weight is 342 g/mol. The summed E-state index contributed by atoms with van der Waals surface area (Å²) in [5.41, 5.74) is 3.53. The highest BCUT2D eigenvalue weighted by Gasteiger charge is 2.14. The molecule has 0 atom stereocenters. The number of ether oxygens (including phenoxy) is 2. The van der Waals surface area contributed by atoms with Crippen LogP contribution < -0.4 is 10.1 Å². The Balaban J connectivity index is 1.93. The topological polar surface area (TPSA) is 80.9 Å². The van der Waals surface area contributed by atoms with Gasteiger partial charge in [0, 0.05) is 23.9 Å². The smallest absolute Gasteiger partial charge is 0.165 e. The number of para-hydroxylation sites is 1. The van der Waals surface area contributed by atoms with Crippen LogP contribution >= 0.6 is 0 Å². The molecule has 25 heavy (non-hydrogen) atoms. The number of nitrogens with zero attached hydrogens (tertiary/aromatic N) is 3. The molecule has 2 aromatic heterocycles. The Morgan fingerprint density at radius 3 is 2.84 bits per heavy atom. The van der Waals surface area contributed by atoms with Gasteiger partial charge in [0.05, 0.1) is 38.7 Å². The number of aryl methyl sites for hydroxylation is 1. The first kappa shape index (κ1) is 17.2. The van der Waals surface area contributed by atoms with E-state index in [9.17, 15) is 0 Å². The van der Waals surface area contributed by atoms with Crippen molar-refractivity contribution in [3.05, 3.63) is 42.2 Å². The van der Waals surface area contributed by atoms with E-state index < -0.39 is 0 Å². The second-order valence-electron chi connectivity index (χ2n) is 5.54. The van der Waals surface area contributed by atoms with Crippen LogP contribution in [0.3, 0.4) is 0 Å². The zero-order valence-electron chi connectivity index (χ0n) is 14.4. The van der Waals surface area contributed by atoms with Crippen molar-refractivity contribution in [1.29, 1.82) is 0 Å². The molecular formula is C18H22N4O3. The molecule has 0 saturated carbocycles. The highest BCUT2D eigenvalue weighted by molar-refractivity contribution is 5.82. The Bertz CT molecular complexity index is 847. The number of fused-ring (bicyclic) bond motifs is 1. The first-order valence-electron chi connectivity index (χ1n) is 8.16. The Kier molecular flexibility index (Phi) is 5.47. The third-order valence-electron chi connectivity index (χ3n) is 3.79. The fourth-order valence-electron chi connectivity index (χ4n) is 2.69. The van der Waals surface area contributed by atoms with Crippen molar-refractivity contribution >= 4 is 11.5 Å². The number of aromatic nitrogens is 3. The maximum Gasteiger partial charge on any atom is 0.165 e. The van der Waals surface area contributed by atoms with Gasteiger partial charge in [-0.2, -0.15) is 9.61 Å². The van der Waals surface area contributed by atoms with E-state index in [1.807, 2.05) is 37.3 Å². The number of nitrogens with one attached hydrogen (secondary N) is 1. The Morgan fingerprint density at radius 1 is 1.20 bits per heavy atom. The van der Waals surface area contributed by atoms with Crippen LogP contribution in [0.2, 0.25) is 0 Å². The predicted molar refractivity (Wildman–Crippen MR) is 96.1 cm³/mol. The molecule has 0 radical (unpaired) electrons.